The molecule has 0 aliphatic rings. The predicted molar refractivity (Wildman–Crippen MR) is 155 cm³/mol. The second-order valence-corrected chi connectivity index (χ2v) is 9.84. The molecular formula is C28H29BrF3N5O5. The summed E-state index contributed by atoms with van der Waals surface area (Å²) in [7, 11) is 0. The minimum absolute atomic E-state index is 0.0893. The molecule has 1 amide bonds. The van der Waals surface area contributed by atoms with E-state index in [-0.39, 0.29) is 17.4 Å². The molecule has 0 aliphatic heterocycles. The zero-order valence-corrected chi connectivity index (χ0v) is 24.4. The molecule has 0 heterocycles. The molecule has 0 aromatic heterocycles. The molecule has 14 heteroatoms. The minimum Gasteiger partial charge on any atom is -0.490 e. The van der Waals surface area contributed by atoms with Crippen molar-refractivity contribution in [3.05, 3.63) is 76.3 Å². The SMILES string of the molecule is CCOc1cc(C(Nc2ccc(C(=N)N)c(OC(=O)C(F)(F)F)c2)C(=O)NNc2ccccc2Br)ccc1OC(C)C. The average molecular weight is 652 g/mol. The van der Waals surface area contributed by atoms with Crippen molar-refractivity contribution < 1.29 is 37.0 Å². The normalized spacial score (nSPS) is 11.8. The zero-order chi connectivity index (χ0) is 31.0. The number of amidine groups is 1. The van der Waals surface area contributed by atoms with Gasteiger partial charge in [-0.2, -0.15) is 13.2 Å². The molecule has 3 rings (SSSR count). The van der Waals surface area contributed by atoms with E-state index >= 15 is 0 Å². The summed E-state index contributed by atoms with van der Waals surface area (Å²) < 4.78 is 55.5. The molecule has 0 fully saturated rings. The van der Waals surface area contributed by atoms with Crippen molar-refractivity contribution in [3.63, 3.8) is 0 Å². The first-order valence-electron chi connectivity index (χ1n) is 12.6. The summed E-state index contributed by atoms with van der Waals surface area (Å²) in [4.78, 5) is 25.1. The van der Waals surface area contributed by atoms with Crippen LogP contribution in [0.1, 0.15) is 37.9 Å². The van der Waals surface area contributed by atoms with Gasteiger partial charge >= 0.3 is 12.1 Å². The summed E-state index contributed by atoms with van der Waals surface area (Å²) in [5.74, 6) is -3.50. The van der Waals surface area contributed by atoms with Gasteiger partial charge in [-0.1, -0.05) is 18.2 Å². The number of hydrogen-bond acceptors (Lipinski definition) is 8. The van der Waals surface area contributed by atoms with Crippen LogP contribution in [-0.2, 0) is 9.59 Å². The number of hydrazine groups is 1. The number of benzene rings is 3. The monoisotopic (exact) mass is 651 g/mol. The van der Waals surface area contributed by atoms with Gasteiger partial charge in [0.05, 0.1) is 24.0 Å². The summed E-state index contributed by atoms with van der Waals surface area (Å²) >= 11 is 3.39. The summed E-state index contributed by atoms with van der Waals surface area (Å²) in [6.45, 7) is 5.80. The number of ether oxygens (including phenoxy) is 3. The molecule has 224 valence electrons. The highest BCUT2D eigenvalue weighted by Crippen LogP contribution is 2.34. The van der Waals surface area contributed by atoms with Crippen LogP contribution >= 0.6 is 15.9 Å². The first kappa shape index (κ1) is 32.1. The lowest BCUT2D eigenvalue weighted by atomic mass is 10.0. The molecule has 42 heavy (non-hydrogen) atoms. The Balaban J connectivity index is 2.02. The summed E-state index contributed by atoms with van der Waals surface area (Å²) in [5.41, 5.74) is 11.7. The number of rotatable bonds is 12. The Morgan fingerprint density at radius 3 is 2.36 bits per heavy atom. The van der Waals surface area contributed by atoms with Crippen LogP contribution in [0.5, 0.6) is 17.2 Å². The van der Waals surface area contributed by atoms with Crippen molar-refractivity contribution in [1.82, 2.24) is 5.43 Å². The van der Waals surface area contributed by atoms with Gasteiger partial charge in [-0.3, -0.25) is 21.1 Å². The highest BCUT2D eigenvalue weighted by atomic mass is 79.9. The van der Waals surface area contributed by atoms with Crippen LogP contribution in [0.4, 0.5) is 24.5 Å². The number of nitrogens with one attached hydrogen (secondary N) is 4. The molecule has 3 aromatic rings. The van der Waals surface area contributed by atoms with Crippen LogP contribution in [-0.4, -0.2) is 36.6 Å². The highest BCUT2D eigenvalue weighted by molar-refractivity contribution is 9.10. The van der Waals surface area contributed by atoms with E-state index in [0.717, 1.165) is 6.07 Å². The second-order valence-electron chi connectivity index (χ2n) is 8.99. The van der Waals surface area contributed by atoms with Gasteiger partial charge in [0.1, 0.15) is 17.6 Å². The number of anilines is 2. The molecule has 1 unspecified atom stereocenters. The standard InChI is InChI=1S/C28H29BrF3N5O5/c1-4-40-23-13-16(9-12-21(23)41-15(2)3)24(26(38)37-36-20-8-6-5-7-19(20)29)35-17-10-11-18(25(33)34)22(14-17)42-27(39)28(30,31)32/h5-15,24,35-36H,4H2,1-3H3,(H3,33,34)(H,37,38). The lowest BCUT2D eigenvalue weighted by Crippen LogP contribution is -2.37. The first-order valence-corrected chi connectivity index (χ1v) is 13.4. The van der Waals surface area contributed by atoms with Gasteiger partial charge in [-0.25, -0.2) is 4.79 Å². The molecule has 0 bridgehead atoms. The smallest absolute Gasteiger partial charge is 0.490 e. The maximum Gasteiger partial charge on any atom is 0.491 e. The Morgan fingerprint density at radius 2 is 1.74 bits per heavy atom. The lowest BCUT2D eigenvalue weighted by Gasteiger charge is -2.23. The third kappa shape index (κ3) is 8.52. The van der Waals surface area contributed by atoms with E-state index in [0.29, 0.717) is 33.8 Å². The van der Waals surface area contributed by atoms with Crippen LogP contribution < -0.4 is 36.1 Å². The number of nitrogen functional groups attached to an aromatic ring is 1. The Morgan fingerprint density at radius 1 is 1.02 bits per heavy atom. The van der Waals surface area contributed by atoms with Crippen LogP contribution in [0.15, 0.2) is 65.1 Å². The molecule has 0 radical (unpaired) electrons. The predicted octanol–water partition coefficient (Wildman–Crippen LogP) is 5.68. The van der Waals surface area contributed by atoms with Crippen molar-refractivity contribution in [1.29, 1.82) is 5.41 Å². The van der Waals surface area contributed by atoms with Gasteiger partial charge in [0, 0.05) is 16.2 Å². The van der Waals surface area contributed by atoms with E-state index in [9.17, 15) is 22.8 Å². The molecular weight excluding hydrogens is 623 g/mol. The molecule has 1 atom stereocenters. The van der Waals surface area contributed by atoms with E-state index in [1.807, 2.05) is 13.8 Å². The van der Waals surface area contributed by atoms with Gasteiger partial charge in [0.25, 0.3) is 5.91 Å². The molecule has 0 saturated carbocycles. The third-order valence-electron chi connectivity index (χ3n) is 5.44. The molecule has 6 N–H and O–H groups in total. The van der Waals surface area contributed by atoms with Crippen molar-refractivity contribution in [3.8, 4) is 17.2 Å². The molecule has 3 aromatic carbocycles. The molecule has 0 aliphatic carbocycles. The van der Waals surface area contributed by atoms with Gasteiger partial charge in [-0.05, 0) is 78.7 Å². The lowest BCUT2D eigenvalue weighted by molar-refractivity contribution is -0.189. The van der Waals surface area contributed by atoms with Crippen LogP contribution in [0.3, 0.4) is 0 Å². The summed E-state index contributed by atoms with van der Waals surface area (Å²) in [6.07, 6.45) is -5.44. The van der Waals surface area contributed by atoms with Crippen LogP contribution in [0.2, 0.25) is 0 Å². The number of alkyl halides is 3. The van der Waals surface area contributed by atoms with E-state index in [1.165, 1.54) is 12.1 Å². The number of carbonyl (C=O) groups excluding carboxylic acids is 2. The van der Waals surface area contributed by atoms with E-state index in [1.54, 1.807) is 49.4 Å². The minimum atomic E-state index is -5.28. The maximum atomic E-state index is 13.5. The number of carbonyl (C=O) groups is 2. The van der Waals surface area contributed by atoms with E-state index in [4.69, 9.17) is 20.6 Å². The number of para-hydroxylation sites is 1. The highest BCUT2D eigenvalue weighted by Gasteiger charge is 2.42. The summed E-state index contributed by atoms with van der Waals surface area (Å²) in [5, 5.41) is 10.6. The summed E-state index contributed by atoms with van der Waals surface area (Å²) in [6, 6.07) is 14.4. The topological polar surface area (TPSA) is 148 Å². The van der Waals surface area contributed by atoms with Crippen LogP contribution in [0, 0.1) is 5.41 Å². The van der Waals surface area contributed by atoms with Crippen molar-refractivity contribution in [2.75, 3.05) is 17.3 Å². The van der Waals surface area contributed by atoms with E-state index < -0.39 is 35.7 Å². The Kier molecular flexibility index (Phi) is 10.6. The number of amides is 1. The number of halogens is 4. The Bertz CT molecular complexity index is 1450. The van der Waals surface area contributed by atoms with Crippen molar-refractivity contribution >= 4 is 45.0 Å². The Labute approximate surface area is 248 Å². The molecule has 0 saturated heterocycles. The average Bonchev–Trinajstić information content (AvgIpc) is 2.91. The fraction of sp³-hybridized carbons (Fsp3) is 0.250. The Hall–Kier alpha value is -4.46. The molecule has 0 spiro atoms. The fourth-order valence-electron chi connectivity index (χ4n) is 3.63. The fourth-order valence-corrected chi connectivity index (χ4v) is 4.02. The first-order chi connectivity index (χ1) is 19.8. The third-order valence-corrected chi connectivity index (χ3v) is 6.13. The second kappa shape index (κ2) is 13.9. The molecule has 10 nitrogen and oxygen atoms in total. The van der Waals surface area contributed by atoms with Crippen LogP contribution in [0.25, 0.3) is 0 Å². The zero-order valence-electron chi connectivity index (χ0n) is 22.8. The van der Waals surface area contributed by atoms with E-state index in [2.05, 4.69) is 36.8 Å². The number of nitrogens with two attached hydrogens (primary N) is 1. The van der Waals surface area contributed by atoms with Gasteiger partial charge in [0.2, 0.25) is 0 Å². The van der Waals surface area contributed by atoms with Crippen molar-refractivity contribution in [2.24, 2.45) is 5.73 Å². The largest absolute Gasteiger partial charge is 0.491 e. The van der Waals surface area contributed by atoms with Gasteiger partial charge < -0.3 is 25.3 Å². The van der Waals surface area contributed by atoms with Crippen molar-refractivity contribution in [2.45, 2.75) is 39.1 Å². The number of esters is 1. The van der Waals surface area contributed by atoms with Gasteiger partial charge in [0.15, 0.2) is 11.5 Å². The number of hydrogen-bond donors (Lipinski definition) is 5. The quantitative estimate of drug-likeness (QED) is 0.0552. The maximum absolute atomic E-state index is 13.5. The van der Waals surface area contributed by atoms with Gasteiger partial charge in [-0.15, -0.1) is 0 Å².